The summed E-state index contributed by atoms with van der Waals surface area (Å²) in [5, 5.41) is 14.5. The fourth-order valence-corrected chi connectivity index (χ4v) is 2.64. The van der Waals surface area contributed by atoms with E-state index in [-0.39, 0.29) is 11.6 Å². The van der Waals surface area contributed by atoms with Crippen LogP contribution in [0.25, 0.3) is 0 Å². The average molecular weight is 377 g/mol. The van der Waals surface area contributed by atoms with Crippen LogP contribution < -0.4 is 10.1 Å². The van der Waals surface area contributed by atoms with Crippen LogP contribution in [0.3, 0.4) is 0 Å². The Balaban J connectivity index is 2.25. The molecule has 0 saturated heterocycles. The van der Waals surface area contributed by atoms with E-state index in [0.29, 0.717) is 34.0 Å². The van der Waals surface area contributed by atoms with Gasteiger partial charge in [0.15, 0.2) is 5.60 Å². The van der Waals surface area contributed by atoms with Gasteiger partial charge in [-0.2, -0.15) is 0 Å². The van der Waals surface area contributed by atoms with Gasteiger partial charge in [0, 0.05) is 22.8 Å². The molecule has 1 amide bonds. The van der Waals surface area contributed by atoms with Crippen molar-refractivity contribution in [2.24, 2.45) is 0 Å². The number of amides is 1. The number of carbonyl (C=O) groups excluding carboxylic acids is 1. The van der Waals surface area contributed by atoms with Gasteiger partial charge in [0.1, 0.15) is 5.75 Å². The highest BCUT2D eigenvalue weighted by Crippen LogP contribution is 2.29. The average Bonchev–Trinajstić information content (AvgIpc) is 2.57. The number of non-ortho nitro benzene ring substituents is 1. The molecule has 0 atom stereocenters. The van der Waals surface area contributed by atoms with E-state index in [1.54, 1.807) is 45.0 Å². The van der Waals surface area contributed by atoms with E-state index in [1.807, 2.05) is 6.92 Å². The van der Waals surface area contributed by atoms with E-state index >= 15 is 0 Å². The molecule has 0 spiro atoms. The molecule has 0 radical (unpaired) electrons. The predicted molar refractivity (Wildman–Crippen MR) is 102 cm³/mol. The lowest BCUT2D eigenvalue weighted by Gasteiger charge is -2.26. The molecule has 7 heteroatoms. The van der Waals surface area contributed by atoms with E-state index < -0.39 is 10.5 Å². The van der Waals surface area contributed by atoms with Gasteiger partial charge in [-0.25, -0.2) is 0 Å². The minimum absolute atomic E-state index is 0.00836. The Morgan fingerprint density at radius 1 is 1.27 bits per heavy atom. The van der Waals surface area contributed by atoms with Crippen molar-refractivity contribution < 1.29 is 14.5 Å². The summed E-state index contributed by atoms with van der Waals surface area (Å²) in [7, 11) is 0. The second kappa shape index (κ2) is 7.74. The Bertz CT molecular complexity index is 832. The maximum Gasteiger partial charge on any atom is 0.270 e. The topological polar surface area (TPSA) is 81.5 Å². The third-order valence-electron chi connectivity index (χ3n) is 3.97. The predicted octanol–water partition coefficient (Wildman–Crippen LogP) is 4.92. The Hall–Kier alpha value is -2.60. The van der Waals surface area contributed by atoms with Gasteiger partial charge in [0.05, 0.1) is 4.92 Å². The van der Waals surface area contributed by atoms with Crippen molar-refractivity contribution in [2.75, 3.05) is 5.32 Å². The fourth-order valence-electron chi connectivity index (χ4n) is 2.51. The summed E-state index contributed by atoms with van der Waals surface area (Å²) in [5.41, 5.74) is 0.775. The molecule has 2 aromatic carbocycles. The number of benzene rings is 2. The number of aryl methyl sites for hydroxylation is 2. The lowest BCUT2D eigenvalue weighted by molar-refractivity contribution is -0.384. The number of nitro benzene ring substituents is 1. The molecule has 2 rings (SSSR count). The molecule has 0 aromatic heterocycles. The number of rotatable bonds is 6. The number of anilines is 1. The lowest BCUT2D eigenvalue weighted by Crippen LogP contribution is -2.42. The van der Waals surface area contributed by atoms with Crippen LogP contribution in [0.2, 0.25) is 5.02 Å². The highest BCUT2D eigenvalue weighted by Gasteiger charge is 2.31. The zero-order chi connectivity index (χ0) is 19.5. The third kappa shape index (κ3) is 4.52. The number of nitrogens with zero attached hydrogens (tertiary/aromatic N) is 1. The van der Waals surface area contributed by atoms with Crippen molar-refractivity contribution in [3.8, 4) is 5.75 Å². The van der Waals surface area contributed by atoms with Crippen molar-refractivity contribution in [1.82, 2.24) is 0 Å². The Morgan fingerprint density at radius 2 is 1.88 bits per heavy atom. The number of hydrogen-bond donors (Lipinski definition) is 1. The van der Waals surface area contributed by atoms with Gasteiger partial charge in [-0.05, 0) is 62.6 Å². The first kappa shape index (κ1) is 19.7. The van der Waals surface area contributed by atoms with E-state index in [9.17, 15) is 14.9 Å². The van der Waals surface area contributed by atoms with Crippen LogP contribution in [0.5, 0.6) is 5.75 Å². The van der Waals surface area contributed by atoms with Crippen molar-refractivity contribution in [3.05, 3.63) is 62.7 Å². The van der Waals surface area contributed by atoms with Crippen LogP contribution in [0.1, 0.15) is 31.9 Å². The molecule has 1 N–H and O–H groups in total. The number of nitro groups is 1. The van der Waals surface area contributed by atoms with Crippen molar-refractivity contribution in [3.63, 3.8) is 0 Å². The molecule has 6 nitrogen and oxygen atoms in total. The zero-order valence-electron chi connectivity index (χ0n) is 15.1. The first-order chi connectivity index (χ1) is 12.1. The van der Waals surface area contributed by atoms with Gasteiger partial charge in [0.25, 0.3) is 11.6 Å². The summed E-state index contributed by atoms with van der Waals surface area (Å²) in [5.74, 6) is 0.171. The molecular formula is C19H21ClN2O4. The fraction of sp³-hybridized carbons (Fsp3) is 0.316. The zero-order valence-corrected chi connectivity index (χ0v) is 15.9. The second-order valence-corrected chi connectivity index (χ2v) is 6.86. The molecule has 0 aliphatic heterocycles. The monoisotopic (exact) mass is 376 g/mol. The smallest absolute Gasteiger partial charge is 0.270 e. The summed E-state index contributed by atoms with van der Waals surface area (Å²) in [6, 6.07) is 9.66. The quantitative estimate of drug-likeness (QED) is 0.573. The van der Waals surface area contributed by atoms with Crippen LogP contribution >= 0.6 is 11.6 Å². The molecular weight excluding hydrogens is 356 g/mol. The highest BCUT2D eigenvalue weighted by atomic mass is 35.5. The second-order valence-electron chi connectivity index (χ2n) is 6.43. The van der Waals surface area contributed by atoms with E-state index in [4.69, 9.17) is 16.3 Å². The van der Waals surface area contributed by atoms with Crippen LogP contribution in [-0.4, -0.2) is 16.4 Å². The molecule has 0 aliphatic carbocycles. The first-order valence-electron chi connectivity index (χ1n) is 8.18. The number of nitrogens with one attached hydrogen (secondary N) is 1. The number of ether oxygens (including phenoxy) is 1. The SMILES string of the molecule is CCc1cc([N+](=O)[O-])cc(C)c1NC(=O)C(C)(C)Oc1ccc(Cl)cc1. The van der Waals surface area contributed by atoms with Crippen molar-refractivity contribution in [2.45, 2.75) is 39.7 Å². The van der Waals surface area contributed by atoms with Crippen molar-refractivity contribution in [1.29, 1.82) is 0 Å². The summed E-state index contributed by atoms with van der Waals surface area (Å²) in [6.07, 6.45) is 0.552. The normalized spacial score (nSPS) is 11.1. The van der Waals surface area contributed by atoms with Crippen LogP contribution in [0.4, 0.5) is 11.4 Å². The number of hydrogen-bond acceptors (Lipinski definition) is 4. The maximum atomic E-state index is 12.7. The Kier molecular flexibility index (Phi) is 5.87. The Labute approximate surface area is 157 Å². The third-order valence-corrected chi connectivity index (χ3v) is 4.22. The van der Waals surface area contributed by atoms with Gasteiger partial charge in [-0.1, -0.05) is 18.5 Å². The maximum absolute atomic E-state index is 12.7. The van der Waals surface area contributed by atoms with Crippen LogP contribution in [-0.2, 0) is 11.2 Å². The molecule has 0 saturated carbocycles. The van der Waals surface area contributed by atoms with Gasteiger partial charge >= 0.3 is 0 Å². The number of carbonyl (C=O) groups is 1. The first-order valence-corrected chi connectivity index (χ1v) is 8.55. The van der Waals surface area contributed by atoms with Gasteiger partial charge < -0.3 is 10.1 Å². The summed E-state index contributed by atoms with van der Waals surface area (Å²) < 4.78 is 5.79. The highest BCUT2D eigenvalue weighted by molar-refractivity contribution is 6.30. The van der Waals surface area contributed by atoms with Gasteiger partial charge in [-0.3, -0.25) is 14.9 Å². The summed E-state index contributed by atoms with van der Waals surface area (Å²) in [4.78, 5) is 23.3. The molecule has 2 aromatic rings. The molecule has 0 unspecified atom stereocenters. The summed E-state index contributed by atoms with van der Waals surface area (Å²) >= 11 is 5.86. The standard InChI is InChI=1S/C19H21ClN2O4/c1-5-13-11-15(22(24)25)10-12(2)17(13)21-18(23)19(3,4)26-16-8-6-14(20)7-9-16/h6-11H,5H2,1-4H3,(H,21,23). The van der Waals surface area contributed by atoms with Crippen LogP contribution in [0, 0.1) is 17.0 Å². The van der Waals surface area contributed by atoms with Crippen molar-refractivity contribution >= 4 is 28.9 Å². The lowest BCUT2D eigenvalue weighted by atomic mass is 10.0. The largest absolute Gasteiger partial charge is 0.478 e. The molecule has 0 fully saturated rings. The Morgan fingerprint density at radius 3 is 2.42 bits per heavy atom. The van der Waals surface area contributed by atoms with Gasteiger partial charge in [0.2, 0.25) is 0 Å². The van der Waals surface area contributed by atoms with Gasteiger partial charge in [-0.15, -0.1) is 0 Å². The molecule has 138 valence electrons. The number of halogens is 1. The van der Waals surface area contributed by atoms with E-state index in [1.165, 1.54) is 12.1 Å². The van der Waals surface area contributed by atoms with E-state index in [0.717, 1.165) is 0 Å². The minimum atomic E-state index is -1.15. The molecule has 0 bridgehead atoms. The van der Waals surface area contributed by atoms with Crippen LogP contribution in [0.15, 0.2) is 36.4 Å². The molecule has 0 heterocycles. The summed E-state index contributed by atoms with van der Waals surface area (Å²) in [6.45, 7) is 6.92. The molecule has 26 heavy (non-hydrogen) atoms. The van der Waals surface area contributed by atoms with E-state index in [2.05, 4.69) is 5.32 Å². The molecule has 0 aliphatic rings. The minimum Gasteiger partial charge on any atom is -0.478 e.